The van der Waals surface area contributed by atoms with Crippen LogP contribution in [0.2, 0.25) is 0 Å². The zero-order valence-electron chi connectivity index (χ0n) is 14.3. The summed E-state index contributed by atoms with van der Waals surface area (Å²) in [6.45, 7) is 4.21. The van der Waals surface area contributed by atoms with E-state index in [9.17, 15) is 9.90 Å². The molecule has 130 valence electrons. The number of hydrogen-bond acceptors (Lipinski definition) is 3. The lowest BCUT2D eigenvalue weighted by atomic mass is 9.87. The lowest BCUT2D eigenvalue weighted by Gasteiger charge is -2.28. The molecule has 3 N–H and O–H groups in total. The van der Waals surface area contributed by atoms with Crippen molar-refractivity contribution in [2.24, 2.45) is 5.92 Å². The highest BCUT2D eigenvalue weighted by Gasteiger charge is 2.23. The van der Waals surface area contributed by atoms with Crippen molar-refractivity contribution < 1.29 is 14.3 Å². The van der Waals surface area contributed by atoms with Gasteiger partial charge in [-0.25, -0.2) is 4.79 Å². The fourth-order valence-electron chi connectivity index (χ4n) is 3.58. The third kappa shape index (κ3) is 3.56. The van der Waals surface area contributed by atoms with Crippen LogP contribution in [0, 0.1) is 12.8 Å². The first-order valence-electron chi connectivity index (χ1n) is 8.74. The van der Waals surface area contributed by atoms with E-state index < -0.39 is 0 Å². The topological polar surface area (TPSA) is 74.5 Å². The standard InChI is InChI=1S/C19H26N2O3/c1-12-16-5-3-4-6-17(16)24-18(12)13(2)20-19(23)21-15-9-7-14(11-22)8-10-15/h3-6,13-15,22H,7-11H2,1-2H3,(H2,20,21,23). The molecule has 1 aromatic heterocycles. The van der Waals surface area contributed by atoms with Crippen LogP contribution in [-0.4, -0.2) is 23.8 Å². The summed E-state index contributed by atoms with van der Waals surface area (Å²) in [5.41, 5.74) is 1.92. The molecular formula is C19H26N2O3. The van der Waals surface area contributed by atoms with E-state index in [1.165, 1.54) is 0 Å². The van der Waals surface area contributed by atoms with Gasteiger partial charge in [-0.15, -0.1) is 0 Å². The molecule has 0 saturated heterocycles. The molecule has 1 atom stereocenters. The molecule has 1 fully saturated rings. The minimum absolute atomic E-state index is 0.158. The molecule has 1 aliphatic carbocycles. The van der Waals surface area contributed by atoms with Crippen molar-refractivity contribution in [3.8, 4) is 0 Å². The molecular weight excluding hydrogens is 304 g/mol. The number of aliphatic hydroxyl groups is 1. The fraction of sp³-hybridized carbons (Fsp3) is 0.526. The smallest absolute Gasteiger partial charge is 0.315 e. The summed E-state index contributed by atoms with van der Waals surface area (Å²) < 4.78 is 5.91. The Labute approximate surface area is 142 Å². The van der Waals surface area contributed by atoms with Crippen molar-refractivity contribution in [3.05, 3.63) is 35.6 Å². The van der Waals surface area contributed by atoms with E-state index in [0.717, 1.165) is 48.0 Å². The van der Waals surface area contributed by atoms with E-state index in [2.05, 4.69) is 10.6 Å². The Bertz CT molecular complexity index is 702. The van der Waals surface area contributed by atoms with Crippen molar-refractivity contribution in [1.29, 1.82) is 0 Å². The third-order valence-corrected chi connectivity index (χ3v) is 5.06. The van der Waals surface area contributed by atoms with Crippen LogP contribution in [0.3, 0.4) is 0 Å². The first-order valence-corrected chi connectivity index (χ1v) is 8.74. The van der Waals surface area contributed by atoms with Gasteiger partial charge in [-0.2, -0.15) is 0 Å². The van der Waals surface area contributed by atoms with Gasteiger partial charge in [-0.3, -0.25) is 0 Å². The van der Waals surface area contributed by atoms with Crippen molar-refractivity contribution in [1.82, 2.24) is 10.6 Å². The number of benzene rings is 1. The number of amides is 2. The first-order chi connectivity index (χ1) is 11.6. The highest BCUT2D eigenvalue weighted by atomic mass is 16.3. The Morgan fingerprint density at radius 1 is 1.29 bits per heavy atom. The van der Waals surface area contributed by atoms with Gasteiger partial charge in [0.1, 0.15) is 11.3 Å². The normalized spacial score (nSPS) is 22.3. The number of aliphatic hydroxyl groups excluding tert-OH is 1. The zero-order chi connectivity index (χ0) is 17.1. The van der Waals surface area contributed by atoms with Gasteiger partial charge in [0, 0.05) is 23.6 Å². The number of fused-ring (bicyclic) bond motifs is 1. The second-order valence-corrected chi connectivity index (χ2v) is 6.83. The summed E-state index contributed by atoms with van der Waals surface area (Å²) >= 11 is 0. The SMILES string of the molecule is Cc1c(C(C)NC(=O)NC2CCC(CO)CC2)oc2ccccc12. The van der Waals surface area contributed by atoms with Crippen LogP contribution in [-0.2, 0) is 0 Å². The van der Waals surface area contributed by atoms with Crippen LogP contribution in [0.25, 0.3) is 11.0 Å². The average molecular weight is 330 g/mol. The number of furan rings is 1. The second kappa shape index (κ2) is 7.26. The number of carbonyl (C=O) groups is 1. The van der Waals surface area contributed by atoms with Crippen LogP contribution >= 0.6 is 0 Å². The van der Waals surface area contributed by atoms with E-state index in [0.29, 0.717) is 5.92 Å². The van der Waals surface area contributed by atoms with Crippen LogP contribution < -0.4 is 10.6 Å². The molecule has 5 nitrogen and oxygen atoms in total. The minimum atomic E-state index is -0.189. The highest BCUT2D eigenvalue weighted by molar-refractivity contribution is 5.82. The van der Waals surface area contributed by atoms with Gasteiger partial charge in [0.25, 0.3) is 0 Å². The van der Waals surface area contributed by atoms with Gasteiger partial charge >= 0.3 is 6.03 Å². The molecule has 2 aromatic rings. The Kier molecular flexibility index (Phi) is 5.09. The highest BCUT2D eigenvalue weighted by Crippen LogP contribution is 2.29. The van der Waals surface area contributed by atoms with Gasteiger partial charge in [-0.05, 0) is 51.5 Å². The number of carbonyl (C=O) groups excluding carboxylic acids is 1. The average Bonchev–Trinajstić information content (AvgIpc) is 2.93. The van der Waals surface area contributed by atoms with Gasteiger partial charge in [0.05, 0.1) is 6.04 Å². The molecule has 0 bridgehead atoms. The number of hydrogen-bond donors (Lipinski definition) is 3. The molecule has 2 amide bonds. The van der Waals surface area contributed by atoms with Gasteiger partial charge in [-0.1, -0.05) is 18.2 Å². The van der Waals surface area contributed by atoms with E-state index in [4.69, 9.17) is 4.42 Å². The molecule has 1 aromatic carbocycles. The molecule has 5 heteroatoms. The molecule has 24 heavy (non-hydrogen) atoms. The van der Waals surface area contributed by atoms with E-state index >= 15 is 0 Å². The predicted octanol–water partition coefficient (Wildman–Crippen LogP) is 3.65. The lowest BCUT2D eigenvalue weighted by molar-refractivity contribution is 0.174. The molecule has 0 spiro atoms. The van der Waals surface area contributed by atoms with Crippen molar-refractivity contribution in [3.63, 3.8) is 0 Å². The number of rotatable bonds is 4. The summed E-state index contributed by atoms with van der Waals surface area (Å²) in [5.74, 6) is 1.19. The Morgan fingerprint density at radius 3 is 2.67 bits per heavy atom. The summed E-state index contributed by atoms with van der Waals surface area (Å²) in [6, 6.07) is 7.75. The van der Waals surface area contributed by atoms with Crippen molar-refractivity contribution in [2.45, 2.75) is 51.6 Å². The molecule has 1 unspecified atom stereocenters. The van der Waals surface area contributed by atoms with E-state index in [-0.39, 0.29) is 24.7 Å². The second-order valence-electron chi connectivity index (χ2n) is 6.83. The lowest BCUT2D eigenvalue weighted by Crippen LogP contribution is -2.44. The molecule has 1 heterocycles. The number of nitrogens with one attached hydrogen (secondary N) is 2. The first kappa shape index (κ1) is 16.8. The van der Waals surface area contributed by atoms with Crippen LogP contribution in [0.15, 0.2) is 28.7 Å². The van der Waals surface area contributed by atoms with E-state index in [1.807, 2.05) is 38.1 Å². The maximum Gasteiger partial charge on any atom is 0.315 e. The quantitative estimate of drug-likeness (QED) is 0.801. The van der Waals surface area contributed by atoms with E-state index in [1.54, 1.807) is 0 Å². The number of aryl methyl sites for hydroxylation is 1. The third-order valence-electron chi connectivity index (χ3n) is 5.06. The Balaban J connectivity index is 1.58. The van der Waals surface area contributed by atoms with Crippen molar-refractivity contribution >= 4 is 17.0 Å². The maximum absolute atomic E-state index is 12.3. The zero-order valence-corrected chi connectivity index (χ0v) is 14.3. The summed E-state index contributed by atoms with van der Waals surface area (Å²) in [4.78, 5) is 12.3. The summed E-state index contributed by atoms with van der Waals surface area (Å²) in [6.07, 6.45) is 3.80. The van der Waals surface area contributed by atoms with Crippen LogP contribution in [0.4, 0.5) is 4.79 Å². The Morgan fingerprint density at radius 2 is 2.00 bits per heavy atom. The minimum Gasteiger partial charge on any atom is -0.459 e. The molecule has 3 rings (SSSR count). The van der Waals surface area contributed by atoms with Crippen LogP contribution in [0.5, 0.6) is 0 Å². The van der Waals surface area contributed by atoms with Gasteiger partial charge < -0.3 is 20.2 Å². The fourth-order valence-corrected chi connectivity index (χ4v) is 3.58. The van der Waals surface area contributed by atoms with Gasteiger partial charge in [0.2, 0.25) is 0 Å². The maximum atomic E-state index is 12.3. The summed E-state index contributed by atoms with van der Waals surface area (Å²) in [7, 11) is 0. The monoisotopic (exact) mass is 330 g/mol. The largest absolute Gasteiger partial charge is 0.459 e. The number of para-hydroxylation sites is 1. The Hall–Kier alpha value is -2.01. The van der Waals surface area contributed by atoms with Crippen molar-refractivity contribution in [2.75, 3.05) is 6.61 Å². The van der Waals surface area contributed by atoms with Gasteiger partial charge in [0.15, 0.2) is 0 Å². The number of urea groups is 1. The molecule has 0 radical (unpaired) electrons. The predicted molar refractivity (Wildman–Crippen MR) is 93.9 cm³/mol. The molecule has 1 aliphatic rings. The molecule has 1 saturated carbocycles. The summed E-state index contributed by atoms with van der Waals surface area (Å²) in [5, 5.41) is 16.3. The van der Waals surface area contributed by atoms with Crippen LogP contribution in [0.1, 0.15) is 50.0 Å². The molecule has 0 aliphatic heterocycles.